The zero-order valence-corrected chi connectivity index (χ0v) is 15.6. The maximum atomic E-state index is 2.58. The van der Waals surface area contributed by atoms with E-state index >= 15 is 0 Å². The molecule has 2 aromatic rings. The van der Waals surface area contributed by atoms with Gasteiger partial charge in [0.1, 0.15) is 0 Å². The predicted molar refractivity (Wildman–Crippen MR) is 101 cm³/mol. The fourth-order valence-corrected chi connectivity index (χ4v) is 3.53. The summed E-state index contributed by atoms with van der Waals surface area (Å²) in [4.78, 5) is 5.16. The highest BCUT2D eigenvalue weighted by Crippen LogP contribution is 2.34. The molecular formula is C20H31N3. The van der Waals surface area contributed by atoms with Gasteiger partial charge in [-0.3, -0.25) is 4.90 Å². The van der Waals surface area contributed by atoms with Gasteiger partial charge in [0.15, 0.2) is 0 Å². The minimum absolute atomic E-state index is 0.174. The molecule has 1 saturated heterocycles. The Morgan fingerprint density at radius 1 is 1.00 bits per heavy atom. The van der Waals surface area contributed by atoms with Crippen LogP contribution < -0.4 is 4.90 Å². The topological polar surface area (TPSA) is 11.4 Å². The zero-order valence-electron chi connectivity index (χ0n) is 15.6. The number of piperazine rings is 1. The van der Waals surface area contributed by atoms with E-state index in [0.29, 0.717) is 6.04 Å². The van der Waals surface area contributed by atoms with Crippen LogP contribution in [0.4, 0.5) is 5.69 Å². The maximum Gasteiger partial charge on any atom is 0.0501 e. The van der Waals surface area contributed by atoms with Gasteiger partial charge in [0, 0.05) is 56.5 Å². The summed E-state index contributed by atoms with van der Waals surface area (Å²) in [6.07, 6.45) is 2.19. The molecule has 3 rings (SSSR count). The Hall–Kier alpha value is -1.48. The van der Waals surface area contributed by atoms with Crippen molar-refractivity contribution in [1.82, 2.24) is 9.47 Å². The summed E-state index contributed by atoms with van der Waals surface area (Å²) in [5.41, 5.74) is 4.36. The Bertz CT molecular complexity index is 683. The van der Waals surface area contributed by atoms with Crippen LogP contribution in [0.1, 0.15) is 40.2 Å². The number of aryl methyl sites for hydroxylation is 1. The molecule has 1 aliphatic heterocycles. The van der Waals surface area contributed by atoms with E-state index in [0.717, 1.165) is 26.2 Å². The van der Waals surface area contributed by atoms with Crippen LogP contribution in [-0.4, -0.2) is 41.7 Å². The summed E-state index contributed by atoms with van der Waals surface area (Å²) in [6, 6.07) is 7.71. The van der Waals surface area contributed by atoms with E-state index in [9.17, 15) is 0 Å². The quantitative estimate of drug-likeness (QED) is 0.830. The number of nitrogens with zero attached hydrogens (tertiary/aromatic N) is 3. The highest BCUT2D eigenvalue weighted by molar-refractivity contribution is 5.94. The second-order valence-electron chi connectivity index (χ2n) is 8.22. The number of hydrogen-bond donors (Lipinski definition) is 0. The molecule has 0 unspecified atom stereocenters. The van der Waals surface area contributed by atoms with Crippen molar-refractivity contribution in [2.75, 3.05) is 31.1 Å². The second kappa shape index (κ2) is 5.86. The monoisotopic (exact) mass is 313 g/mol. The summed E-state index contributed by atoms with van der Waals surface area (Å²) >= 11 is 0. The number of anilines is 1. The molecule has 0 amide bonds. The van der Waals surface area contributed by atoms with Gasteiger partial charge >= 0.3 is 0 Å². The third-order valence-electron chi connectivity index (χ3n) is 5.23. The highest BCUT2D eigenvalue weighted by Gasteiger charge is 2.23. The lowest BCUT2D eigenvalue weighted by molar-refractivity contribution is 0.209. The third-order valence-corrected chi connectivity index (χ3v) is 5.23. The van der Waals surface area contributed by atoms with Gasteiger partial charge in [-0.05, 0) is 43.0 Å². The molecule has 0 N–H and O–H groups in total. The lowest BCUT2D eigenvalue weighted by Crippen LogP contribution is -2.49. The standard InChI is InChI=1S/C20H31N3/c1-15(2)22-9-11-23(12-10-22)19-14-16(20(3,4)5)13-18-17(19)7-8-21(18)6/h7-8,13-15H,9-12H2,1-6H3. The molecule has 0 bridgehead atoms. The average Bonchev–Trinajstić information content (AvgIpc) is 2.87. The van der Waals surface area contributed by atoms with Crippen molar-refractivity contribution in [2.45, 2.75) is 46.1 Å². The number of benzene rings is 1. The largest absolute Gasteiger partial charge is 0.368 e. The Labute approximate surface area is 140 Å². The van der Waals surface area contributed by atoms with Crippen LogP contribution in [0.25, 0.3) is 10.9 Å². The van der Waals surface area contributed by atoms with E-state index in [1.807, 2.05) is 0 Å². The van der Waals surface area contributed by atoms with Gasteiger partial charge < -0.3 is 9.47 Å². The van der Waals surface area contributed by atoms with Gasteiger partial charge in [-0.2, -0.15) is 0 Å². The number of rotatable bonds is 2. The second-order valence-corrected chi connectivity index (χ2v) is 8.22. The Morgan fingerprint density at radius 2 is 1.65 bits per heavy atom. The number of fused-ring (bicyclic) bond motifs is 1. The molecule has 0 spiro atoms. The first-order chi connectivity index (χ1) is 10.8. The fraction of sp³-hybridized carbons (Fsp3) is 0.600. The highest BCUT2D eigenvalue weighted by atomic mass is 15.3. The smallest absolute Gasteiger partial charge is 0.0501 e. The number of aromatic nitrogens is 1. The van der Waals surface area contributed by atoms with E-state index in [1.165, 1.54) is 22.2 Å². The predicted octanol–water partition coefficient (Wildman–Crippen LogP) is 4.01. The SMILES string of the molecule is CC(C)N1CCN(c2cc(C(C)(C)C)cc3c2ccn3C)CC1. The molecule has 3 nitrogen and oxygen atoms in total. The van der Waals surface area contributed by atoms with Crippen molar-refractivity contribution in [1.29, 1.82) is 0 Å². The average molecular weight is 313 g/mol. The summed E-state index contributed by atoms with van der Waals surface area (Å²) in [6.45, 7) is 16.1. The van der Waals surface area contributed by atoms with Crippen LogP contribution in [-0.2, 0) is 12.5 Å². The van der Waals surface area contributed by atoms with Gasteiger partial charge in [0.2, 0.25) is 0 Å². The first kappa shape index (κ1) is 16.4. The molecular weight excluding hydrogens is 282 g/mol. The Morgan fingerprint density at radius 3 is 2.22 bits per heavy atom. The van der Waals surface area contributed by atoms with Gasteiger partial charge in [0.25, 0.3) is 0 Å². The lowest BCUT2D eigenvalue weighted by atomic mass is 9.86. The molecule has 23 heavy (non-hydrogen) atoms. The molecule has 1 aromatic carbocycles. The minimum atomic E-state index is 0.174. The van der Waals surface area contributed by atoms with Crippen molar-refractivity contribution >= 4 is 16.6 Å². The van der Waals surface area contributed by atoms with Crippen LogP contribution in [0.15, 0.2) is 24.4 Å². The van der Waals surface area contributed by atoms with Crippen LogP contribution in [0.5, 0.6) is 0 Å². The Kier molecular flexibility index (Phi) is 4.18. The van der Waals surface area contributed by atoms with E-state index in [2.05, 4.69) is 80.4 Å². The molecule has 0 atom stereocenters. The molecule has 0 aliphatic carbocycles. The van der Waals surface area contributed by atoms with Gasteiger partial charge in [0.05, 0.1) is 5.52 Å². The van der Waals surface area contributed by atoms with Gasteiger partial charge in [-0.15, -0.1) is 0 Å². The Balaban J connectivity index is 2.00. The van der Waals surface area contributed by atoms with Gasteiger partial charge in [-0.25, -0.2) is 0 Å². The van der Waals surface area contributed by atoms with E-state index in [4.69, 9.17) is 0 Å². The lowest BCUT2D eigenvalue weighted by Gasteiger charge is -2.39. The first-order valence-electron chi connectivity index (χ1n) is 8.86. The first-order valence-corrected chi connectivity index (χ1v) is 8.86. The minimum Gasteiger partial charge on any atom is -0.368 e. The van der Waals surface area contributed by atoms with Crippen molar-refractivity contribution in [3.8, 4) is 0 Å². The number of hydrogen-bond acceptors (Lipinski definition) is 2. The fourth-order valence-electron chi connectivity index (χ4n) is 3.53. The van der Waals surface area contributed by atoms with E-state index in [-0.39, 0.29) is 5.41 Å². The normalized spacial score (nSPS) is 17.4. The molecule has 0 radical (unpaired) electrons. The van der Waals surface area contributed by atoms with Crippen molar-refractivity contribution in [3.63, 3.8) is 0 Å². The molecule has 1 fully saturated rings. The summed E-state index contributed by atoms with van der Waals surface area (Å²) in [5.74, 6) is 0. The van der Waals surface area contributed by atoms with Gasteiger partial charge in [-0.1, -0.05) is 20.8 Å². The third kappa shape index (κ3) is 3.12. The maximum absolute atomic E-state index is 2.58. The molecule has 1 aliphatic rings. The van der Waals surface area contributed by atoms with Crippen LogP contribution in [0, 0.1) is 0 Å². The van der Waals surface area contributed by atoms with Crippen molar-refractivity contribution in [3.05, 3.63) is 30.0 Å². The molecule has 2 heterocycles. The molecule has 126 valence electrons. The molecule has 0 saturated carbocycles. The summed E-state index contributed by atoms with van der Waals surface area (Å²) in [7, 11) is 2.15. The van der Waals surface area contributed by atoms with Crippen LogP contribution in [0.3, 0.4) is 0 Å². The summed E-state index contributed by atoms with van der Waals surface area (Å²) < 4.78 is 2.25. The van der Waals surface area contributed by atoms with Crippen LogP contribution in [0.2, 0.25) is 0 Å². The molecule has 1 aromatic heterocycles. The molecule has 3 heteroatoms. The van der Waals surface area contributed by atoms with Crippen molar-refractivity contribution in [2.24, 2.45) is 7.05 Å². The zero-order chi connectivity index (χ0) is 16.8. The van der Waals surface area contributed by atoms with E-state index < -0.39 is 0 Å². The van der Waals surface area contributed by atoms with Crippen LogP contribution >= 0.6 is 0 Å². The van der Waals surface area contributed by atoms with Crippen molar-refractivity contribution < 1.29 is 0 Å². The van der Waals surface area contributed by atoms with E-state index in [1.54, 1.807) is 0 Å². The summed E-state index contributed by atoms with van der Waals surface area (Å²) in [5, 5.41) is 1.39.